The number of benzene rings is 3. The average molecular weight is 811 g/mol. The Hall–Kier alpha value is -6.36. The summed E-state index contributed by atoms with van der Waals surface area (Å²) in [4.78, 5) is 72.4. The number of imidazole rings is 2. The fraction of sp³-hybridized carbons (Fsp3) is 0.435. The van der Waals surface area contributed by atoms with E-state index < -0.39 is 24.3 Å². The highest BCUT2D eigenvalue weighted by Crippen LogP contribution is 2.54. The quantitative estimate of drug-likeness (QED) is 0.121. The van der Waals surface area contributed by atoms with Crippen molar-refractivity contribution >= 4 is 45.8 Å². The normalized spacial score (nSPS) is 23.5. The molecule has 5 aromatic rings. The van der Waals surface area contributed by atoms with Crippen LogP contribution in [-0.4, -0.2) is 92.1 Å². The lowest BCUT2D eigenvalue weighted by atomic mass is 10.0. The molecule has 310 valence electrons. The molecule has 2 saturated carbocycles. The van der Waals surface area contributed by atoms with Crippen LogP contribution in [0.15, 0.2) is 60.8 Å². The third-order valence-electron chi connectivity index (χ3n) is 12.8. The Morgan fingerprint density at radius 3 is 1.87 bits per heavy atom. The molecule has 2 aliphatic heterocycles. The average Bonchev–Trinajstić information content (AvgIpc) is 3.86. The predicted octanol–water partition coefficient (Wildman–Crippen LogP) is 6.59. The zero-order valence-electron chi connectivity index (χ0n) is 34.6. The lowest BCUT2D eigenvalue weighted by Crippen LogP contribution is -2.52. The summed E-state index contributed by atoms with van der Waals surface area (Å²) < 4.78 is 9.61. The SMILES string of the molecule is COC(=O)N[C@H](C(=O)N1C(c2ncc(-c3ccc(C#Cc4ccc5c(ccc6[nH]c([C@@H]7C[C@H]8C[C@H]8N7C(=O)[C@@H](NC(=O)OC)C(C)C)nc65)c4)cc3)[nH]2)C[C@H]2C[C@H]21)C(C)C. The maximum Gasteiger partial charge on any atom is 0.407 e. The molecule has 2 aliphatic carbocycles. The Balaban J connectivity index is 0.890. The molecule has 4 amide bonds. The summed E-state index contributed by atoms with van der Waals surface area (Å²) in [6.07, 6.45) is 4.19. The Labute approximate surface area is 348 Å². The molecule has 8 atom stereocenters. The van der Waals surface area contributed by atoms with E-state index in [0.29, 0.717) is 11.8 Å². The second-order valence-corrected chi connectivity index (χ2v) is 17.4. The van der Waals surface area contributed by atoms with Crippen LogP contribution >= 0.6 is 0 Å². The van der Waals surface area contributed by atoms with Gasteiger partial charge in [-0.1, -0.05) is 63.8 Å². The van der Waals surface area contributed by atoms with Gasteiger partial charge in [-0.15, -0.1) is 0 Å². The molecule has 2 saturated heterocycles. The molecule has 2 aromatic heterocycles. The largest absolute Gasteiger partial charge is 0.453 e. The summed E-state index contributed by atoms with van der Waals surface area (Å²) in [5, 5.41) is 7.49. The Morgan fingerprint density at radius 2 is 1.28 bits per heavy atom. The summed E-state index contributed by atoms with van der Waals surface area (Å²) in [6.45, 7) is 7.68. The van der Waals surface area contributed by atoms with Gasteiger partial charge in [0.2, 0.25) is 11.8 Å². The molecular formula is C46H50N8O6. The predicted molar refractivity (Wildman–Crippen MR) is 224 cm³/mol. The highest BCUT2D eigenvalue weighted by Gasteiger charge is 2.57. The Bertz CT molecular complexity index is 2570. The number of piperidine rings is 2. The number of likely N-dealkylation sites (tertiary alicyclic amines) is 2. The molecule has 3 aromatic carbocycles. The summed E-state index contributed by atoms with van der Waals surface area (Å²) in [7, 11) is 2.60. The third kappa shape index (κ3) is 7.20. The first-order valence-corrected chi connectivity index (χ1v) is 20.8. The van der Waals surface area contributed by atoms with Gasteiger partial charge in [-0.05, 0) is 90.6 Å². The van der Waals surface area contributed by atoms with Gasteiger partial charge in [0.05, 0.1) is 49.2 Å². The van der Waals surface area contributed by atoms with Gasteiger partial charge < -0.3 is 39.9 Å². The molecule has 9 rings (SSSR count). The number of hydrogen-bond acceptors (Lipinski definition) is 8. The van der Waals surface area contributed by atoms with Crippen LogP contribution in [0.2, 0.25) is 0 Å². The van der Waals surface area contributed by atoms with Crippen molar-refractivity contribution in [2.24, 2.45) is 23.7 Å². The number of nitrogens with zero attached hydrogens (tertiary/aromatic N) is 4. The zero-order valence-corrected chi connectivity index (χ0v) is 34.6. The van der Waals surface area contributed by atoms with Crippen LogP contribution in [0.4, 0.5) is 9.59 Å². The standard InChI is InChI=1S/C46H50N8O6/c1-23(2)38(51-45(57)59-5)43(55)53-34-18-29(34)20-36(53)41-47-22-33(49-41)27-12-9-25(10-13-27)7-8-26-11-15-31-28(17-26)14-16-32-40(31)50-42(48-32)37-21-30-19-35(30)54(37)44(56)39(24(3)4)52-46(58)60-6/h9-17,22-24,29-30,34-39H,18-21H2,1-6H3,(H,47,49)(H,48,50)(H,51,57)(H,52,58)/t29-,30-,34-,35-,36?,37+,38+,39+/m1/s1. The highest BCUT2D eigenvalue weighted by atomic mass is 16.5. The van der Waals surface area contributed by atoms with Crippen molar-refractivity contribution in [2.75, 3.05) is 14.2 Å². The number of aromatic nitrogens is 4. The molecule has 1 unspecified atom stereocenters. The number of hydrogen-bond donors (Lipinski definition) is 4. The van der Waals surface area contributed by atoms with Crippen molar-refractivity contribution in [3.8, 4) is 23.1 Å². The monoisotopic (exact) mass is 810 g/mol. The minimum absolute atomic E-state index is 0.101. The number of ether oxygens (including phenoxy) is 2. The maximum atomic E-state index is 13.9. The molecule has 4 fully saturated rings. The summed E-state index contributed by atoms with van der Waals surface area (Å²) in [5.74, 6) is 8.58. The second kappa shape index (κ2) is 15.3. The summed E-state index contributed by atoms with van der Waals surface area (Å²) in [6, 6.07) is 16.8. The fourth-order valence-electron chi connectivity index (χ4n) is 9.34. The van der Waals surface area contributed by atoms with E-state index in [0.717, 1.165) is 81.5 Å². The molecule has 0 spiro atoms. The number of aromatic amines is 2. The number of amides is 4. The molecule has 0 radical (unpaired) electrons. The first-order valence-electron chi connectivity index (χ1n) is 20.8. The second-order valence-electron chi connectivity index (χ2n) is 17.4. The van der Waals surface area contributed by atoms with E-state index >= 15 is 0 Å². The Morgan fingerprint density at radius 1 is 0.717 bits per heavy atom. The van der Waals surface area contributed by atoms with Crippen molar-refractivity contribution in [3.05, 3.63) is 83.6 Å². The van der Waals surface area contributed by atoms with Crippen LogP contribution < -0.4 is 10.6 Å². The topological polar surface area (TPSA) is 175 Å². The molecule has 60 heavy (non-hydrogen) atoms. The van der Waals surface area contributed by atoms with Crippen molar-refractivity contribution in [1.82, 2.24) is 40.4 Å². The number of nitrogens with one attached hydrogen (secondary N) is 4. The van der Waals surface area contributed by atoms with E-state index in [4.69, 9.17) is 19.4 Å². The van der Waals surface area contributed by atoms with Gasteiger partial charge in [0.1, 0.15) is 23.7 Å². The van der Waals surface area contributed by atoms with Crippen molar-refractivity contribution in [1.29, 1.82) is 0 Å². The number of carbonyl (C=O) groups is 4. The molecule has 4 aliphatic rings. The van der Waals surface area contributed by atoms with Gasteiger partial charge in [0.25, 0.3) is 0 Å². The van der Waals surface area contributed by atoms with Gasteiger partial charge in [0, 0.05) is 28.6 Å². The zero-order chi connectivity index (χ0) is 42.0. The van der Waals surface area contributed by atoms with E-state index in [1.165, 1.54) is 14.2 Å². The lowest BCUT2D eigenvalue weighted by molar-refractivity contribution is -0.137. The minimum atomic E-state index is -0.687. The first-order chi connectivity index (χ1) is 28.9. The van der Waals surface area contributed by atoms with Gasteiger partial charge in [-0.2, -0.15) is 0 Å². The fourth-order valence-corrected chi connectivity index (χ4v) is 9.34. The smallest absolute Gasteiger partial charge is 0.407 e. The van der Waals surface area contributed by atoms with Crippen LogP contribution in [0.5, 0.6) is 0 Å². The Kier molecular flexibility index (Phi) is 10.0. The summed E-state index contributed by atoms with van der Waals surface area (Å²) in [5.41, 5.74) is 5.31. The van der Waals surface area contributed by atoms with Crippen molar-refractivity contribution in [3.63, 3.8) is 0 Å². The van der Waals surface area contributed by atoms with E-state index in [-0.39, 0.29) is 47.8 Å². The minimum Gasteiger partial charge on any atom is -0.453 e. The number of alkyl carbamates (subject to hydrolysis) is 2. The van der Waals surface area contributed by atoms with Gasteiger partial charge in [0.15, 0.2) is 0 Å². The van der Waals surface area contributed by atoms with Crippen LogP contribution in [-0.2, 0) is 19.1 Å². The lowest BCUT2D eigenvalue weighted by Gasteiger charge is -2.31. The molecule has 4 heterocycles. The van der Waals surface area contributed by atoms with Crippen LogP contribution in [0.1, 0.15) is 88.2 Å². The number of methoxy groups -OCH3 is 2. The van der Waals surface area contributed by atoms with E-state index in [9.17, 15) is 19.2 Å². The van der Waals surface area contributed by atoms with Gasteiger partial charge >= 0.3 is 12.2 Å². The highest BCUT2D eigenvalue weighted by molar-refractivity contribution is 6.04. The molecule has 14 nitrogen and oxygen atoms in total. The van der Waals surface area contributed by atoms with Gasteiger partial charge in [-0.3, -0.25) is 9.59 Å². The van der Waals surface area contributed by atoms with Crippen molar-refractivity contribution < 1.29 is 28.7 Å². The third-order valence-corrected chi connectivity index (χ3v) is 12.8. The van der Waals surface area contributed by atoms with E-state index in [1.807, 2.05) is 80.1 Å². The molecular weight excluding hydrogens is 761 g/mol. The molecule has 4 N–H and O–H groups in total. The molecule has 0 bridgehead atoms. The number of fused-ring (bicyclic) bond motifs is 5. The van der Waals surface area contributed by atoms with Gasteiger partial charge in [-0.25, -0.2) is 19.6 Å². The summed E-state index contributed by atoms with van der Waals surface area (Å²) >= 11 is 0. The first kappa shape index (κ1) is 39.1. The van der Waals surface area contributed by atoms with E-state index in [2.05, 4.69) is 50.6 Å². The van der Waals surface area contributed by atoms with E-state index in [1.54, 1.807) is 0 Å². The number of H-pyrrole nitrogens is 2. The molecule has 14 heteroatoms. The van der Waals surface area contributed by atoms with Crippen LogP contribution in [0, 0.1) is 35.5 Å². The van der Waals surface area contributed by atoms with Crippen LogP contribution in [0.3, 0.4) is 0 Å². The number of carbonyl (C=O) groups excluding carboxylic acids is 4. The van der Waals surface area contributed by atoms with Crippen molar-refractivity contribution in [2.45, 2.75) is 89.6 Å². The van der Waals surface area contributed by atoms with Crippen LogP contribution in [0.25, 0.3) is 33.1 Å². The maximum absolute atomic E-state index is 13.9. The number of rotatable bonds is 9.